The number of rotatable bonds is 4. The van der Waals surface area contributed by atoms with Gasteiger partial charge in [-0.2, -0.15) is 0 Å². The Balaban J connectivity index is 1.71. The average Bonchev–Trinajstić information content (AvgIpc) is 2.87. The van der Waals surface area contributed by atoms with Gasteiger partial charge in [0.05, 0.1) is 17.8 Å². The quantitative estimate of drug-likeness (QED) is 0.811. The van der Waals surface area contributed by atoms with Crippen molar-refractivity contribution in [3.8, 4) is 0 Å². The second-order valence-corrected chi connectivity index (χ2v) is 7.19. The zero-order chi connectivity index (χ0) is 13.2. The molecule has 1 spiro atoms. The Morgan fingerprint density at radius 3 is 2.56 bits per heavy atom. The largest absolute Gasteiger partial charge is 0.392 e. The minimum absolute atomic E-state index is 0.0736. The topological polar surface area (TPSA) is 41.5 Å². The molecule has 1 heterocycles. The summed E-state index contributed by atoms with van der Waals surface area (Å²) in [6.45, 7) is 7.04. The molecule has 18 heavy (non-hydrogen) atoms. The molecule has 1 saturated carbocycles. The first-order valence-corrected chi connectivity index (χ1v) is 7.50. The molecule has 2 atom stereocenters. The SMILES string of the molecule is CC(C)(C)NCC(O)CC1CCC2(CCCC2)O1. The highest BCUT2D eigenvalue weighted by Crippen LogP contribution is 2.44. The van der Waals surface area contributed by atoms with Crippen molar-refractivity contribution in [1.29, 1.82) is 0 Å². The van der Waals surface area contributed by atoms with Crippen LogP contribution in [0.3, 0.4) is 0 Å². The van der Waals surface area contributed by atoms with Gasteiger partial charge in [-0.3, -0.25) is 0 Å². The maximum absolute atomic E-state index is 10.1. The van der Waals surface area contributed by atoms with Crippen molar-refractivity contribution in [2.75, 3.05) is 6.54 Å². The molecule has 1 saturated heterocycles. The number of nitrogens with one attached hydrogen (secondary N) is 1. The van der Waals surface area contributed by atoms with E-state index in [9.17, 15) is 5.11 Å². The normalized spacial score (nSPS) is 29.0. The van der Waals surface area contributed by atoms with E-state index in [4.69, 9.17) is 4.74 Å². The van der Waals surface area contributed by atoms with Gasteiger partial charge in [0, 0.05) is 18.5 Å². The molecule has 3 heteroatoms. The van der Waals surface area contributed by atoms with Crippen LogP contribution in [0, 0.1) is 0 Å². The van der Waals surface area contributed by atoms with Gasteiger partial charge in [0.15, 0.2) is 0 Å². The molecule has 0 aromatic heterocycles. The van der Waals surface area contributed by atoms with E-state index in [-0.39, 0.29) is 23.3 Å². The molecule has 2 rings (SSSR count). The fraction of sp³-hybridized carbons (Fsp3) is 1.00. The summed E-state index contributed by atoms with van der Waals surface area (Å²) in [6.07, 6.45) is 8.22. The molecule has 0 radical (unpaired) electrons. The molecule has 1 aliphatic heterocycles. The van der Waals surface area contributed by atoms with Gasteiger partial charge in [-0.15, -0.1) is 0 Å². The van der Waals surface area contributed by atoms with E-state index < -0.39 is 0 Å². The fourth-order valence-electron chi connectivity index (χ4n) is 3.26. The van der Waals surface area contributed by atoms with Gasteiger partial charge in [-0.1, -0.05) is 12.8 Å². The van der Waals surface area contributed by atoms with Crippen molar-refractivity contribution in [2.45, 2.75) is 89.1 Å². The van der Waals surface area contributed by atoms with Crippen LogP contribution in [0.25, 0.3) is 0 Å². The van der Waals surface area contributed by atoms with Crippen LogP contribution in [0.5, 0.6) is 0 Å². The van der Waals surface area contributed by atoms with Crippen molar-refractivity contribution in [3.63, 3.8) is 0 Å². The summed E-state index contributed by atoms with van der Waals surface area (Å²) in [7, 11) is 0. The van der Waals surface area contributed by atoms with E-state index in [1.807, 2.05) is 0 Å². The summed E-state index contributed by atoms with van der Waals surface area (Å²) in [5.41, 5.74) is 0.270. The van der Waals surface area contributed by atoms with E-state index in [0.717, 1.165) is 12.8 Å². The summed E-state index contributed by atoms with van der Waals surface area (Å²) < 4.78 is 6.22. The lowest BCUT2D eigenvalue weighted by atomic mass is 9.97. The molecule has 3 nitrogen and oxygen atoms in total. The Bertz CT molecular complexity index is 266. The van der Waals surface area contributed by atoms with Crippen LogP contribution in [0.4, 0.5) is 0 Å². The molecule has 106 valence electrons. The van der Waals surface area contributed by atoms with Crippen LogP contribution < -0.4 is 5.32 Å². The summed E-state index contributed by atoms with van der Waals surface area (Å²) in [6, 6.07) is 0. The lowest BCUT2D eigenvalue weighted by Crippen LogP contribution is -2.41. The highest BCUT2D eigenvalue weighted by molar-refractivity contribution is 4.93. The van der Waals surface area contributed by atoms with E-state index >= 15 is 0 Å². The van der Waals surface area contributed by atoms with Crippen molar-refractivity contribution < 1.29 is 9.84 Å². The first kappa shape index (κ1) is 14.3. The van der Waals surface area contributed by atoms with Crippen molar-refractivity contribution in [2.24, 2.45) is 0 Å². The third-order valence-electron chi connectivity index (χ3n) is 4.26. The molecule has 2 unspecified atom stereocenters. The molecule has 0 aromatic rings. The van der Waals surface area contributed by atoms with Gasteiger partial charge in [-0.25, -0.2) is 0 Å². The van der Waals surface area contributed by atoms with Gasteiger partial charge in [0.2, 0.25) is 0 Å². The van der Waals surface area contributed by atoms with Crippen LogP contribution in [-0.4, -0.2) is 35.0 Å². The lowest BCUT2D eigenvalue weighted by Gasteiger charge is -2.26. The molecule has 1 aliphatic carbocycles. The predicted molar refractivity (Wildman–Crippen MR) is 73.7 cm³/mol. The minimum Gasteiger partial charge on any atom is -0.392 e. The second-order valence-electron chi connectivity index (χ2n) is 7.19. The van der Waals surface area contributed by atoms with Crippen molar-refractivity contribution in [3.05, 3.63) is 0 Å². The van der Waals surface area contributed by atoms with Crippen molar-refractivity contribution in [1.82, 2.24) is 5.32 Å². The van der Waals surface area contributed by atoms with Gasteiger partial charge in [0.1, 0.15) is 0 Å². The molecule has 0 aromatic carbocycles. The van der Waals surface area contributed by atoms with E-state index in [1.54, 1.807) is 0 Å². The smallest absolute Gasteiger partial charge is 0.0689 e. The Hall–Kier alpha value is -0.120. The number of ether oxygens (including phenoxy) is 1. The first-order chi connectivity index (χ1) is 8.39. The van der Waals surface area contributed by atoms with Gasteiger partial charge in [-0.05, 0) is 46.5 Å². The standard InChI is InChI=1S/C15H29NO2/c1-14(2,3)16-11-12(17)10-13-6-9-15(18-13)7-4-5-8-15/h12-13,16-17H,4-11H2,1-3H3. The van der Waals surface area contributed by atoms with Crippen LogP contribution >= 0.6 is 0 Å². The Labute approximate surface area is 111 Å². The van der Waals surface area contributed by atoms with E-state index in [0.29, 0.717) is 6.54 Å². The van der Waals surface area contributed by atoms with Crippen LogP contribution in [-0.2, 0) is 4.74 Å². The number of aliphatic hydroxyl groups excluding tert-OH is 1. The highest BCUT2D eigenvalue weighted by Gasteiger charge is 2.42. The van der Waals surface area contributed by atoms with Crippen LogP contribution in [0.2, 0.25) is 0 Å². The highest BCUT2D eigenvalue weighted by atomic mass is 16.5. The molecule has 2 aliphatic rings. The predicted octanol–water partition coefficient (Wildman–Crippen LogP) is 2.62. The molecular formula is C15H29NO2. The zero-order valence-corrected chi connectivity index (χ0v) is 12.2. The summed E-state index contributed by atoms with van der Waals surface area (Å²) >= 11 is 0. The molecule has 2 fully saturated rings. The van der Waals surface area contributed by atoms with Crippen LogP contribution in [0.1, 0.15) is 65.7 Å². The monoisotopic (exact) mass is 255 g/mol. The summed E-state index contributed by atoms with van der Waals surface area (Å²) in [5.74, 6) is 0. The molecule has 2 N–H and O–H groups in total. The summed E-state index contributed by atoms with van der Waals surface area (Å²) in [5, 5.41) is 13.4. The maximum Gasteiger partial charge on any atom is 0.0689 e. The molecule has 0 amide bonds. The number of β-amino-alcohol motifs (C(OH)–C–C–N with tert-alkyl or cyclic N) is 1. The Kier molecular flexibility index (Phi) is 4.35. The van der Waals surface area contributed by atoms with Gasteiger partial charge in [0.25, 0.3) is 0 Å². The first-order valence-electron chi connectivity index (χ1n) is 7.50. The van der Waals surface area contributed by atoms with Gasteiger partial charge < -0.3 is 15.2 Å². The number of hydrogen-bond donors (Lipinski definition) is 2. The number of hydrogen-bond acceptors (Lipinski definition) is 3. The van der Waals surface area contributed by atoms with E-state index in [1.165, 1.54) is 32.1 Å². The third kappa shape index (κ3) is 3.94. The fourth-order valence-corrected chi connectivity index (χ4v) is 3.26. The lowest BCUT2D eigenvalue weighted by molar-refractivity contribution is -0.0522. The summed E-state index contributed by atoms with van der Waals surface area (Å²) in [4.78, 5) is 0. The zero-order valence-electron chi connectivity index (χ0n) is 12.2. The minimum atomic E-state index is -0.286. The Morgan fingerprint density at radius 2 is 1.94 bits per heavy atom. The third-order valence-corrected chi connectivity index (χ3v) is 4.26. The maximum atomic E-state index is 10.1. The van der Waals surface area contributed by atoms with Crippen molar-refractivity contribution >= 4 is 0 Å². The molecule has 0 bridgehead atoms. The average molecular weight is 255 g/mol. The van der Waals surface area contributed by atoms with Gasteiger partial charge >= 0.3 is 0 Å². The van der Waals surface area contributed by atoms with Crippen LogP contribution in [0.15, 0.2) is 0 Å². The number of aliphatic hydroxyl groups is 1. The Morgan fingerprint density at radius 1 is 1.28 bits per heavy atom. The van der Waals surface area contributed by atoms with E-state index in [2.05, 4.69) is 26.1 Å². The molecular weight excluding hydrogens is 226 g/mol. The second kappa shape index (κ2) is 5.48.